The number of hydrogen-bond donors (Lipinski definition) is 8. The van der Waals surface area contributed by atoms with Gasteiger partial charge in [-0.05, 0) is 145 Å². The first-order valence-corrected chi connectivity index (χ1v) is 45.9. The smallest absolute Gasteiger partial charge is 0.352 e. The van der Waals surface area contributed by atoms with E-state index in [4.69, 9.17) is 110 Å². The van der Waals surface area contributed by atoms with Crippen molar-refractivity contribution in [2.75, 3.05) is 118 Å². The van der Waals surface area contributed by atoms with E-state index in [2.05, 4.69) is 68.7 Å². The molecule has 25 atom stereocenters. The molecule has 6 aromatic rings. The highest BCUT2D eigenvalue weighted by Gasteiger charge is 2.60. The zero-order valence-corrected chi connectivity index (χ0v) is 80.0. The van der Waals surface area contributed by atoms with Gasteiger partial charge in [0.2, 0.25) is 5.95 Å². The summed E-state index contributed by atoms with van der Waals surface area (Å²) in [5.41, 5.74) is 27.6. The summed E-state index contributed by atoms with van der Waals surface area (Å²) in [6, 6.07) is 0. The van der Waals surface area contributed by atoms with Crippen LogP contribution >= 0.6 is 11.8 Å². The Labute approximate surface area is 779 Å². The Hall–Kier alpha value is -8.69. The van der Waals surface area contributed by atoms with Crippen LogP contribution in [0, 0.1) is 63.7 Å². The molecule has 0 radical (unpaired) electrons. The van der Waals surface area contributed by atoms with Crippen molar-refractivity contribution in [2.45, 2.75) is 268 Å². The molecule has 8 fully saturated rings. The Morgan fingerprint density at radius 1 is 0.552 bits per heavy atom. The summed E-state index contributed by atoms with van der Waals surface area (Å²) in [4.78, 5) is 84.8. The van der Waals surface area contributed by atoms with Gasteiger partial charge in [-0.2, -0.15) is 24.9 Å². The normalized spacial score (nSPS) is 31.4. The second-order valence-corrected chi connectivity index (χ2v) is 36.0. The SMILES string of the molecule is CC1CC2C3CC=C4C[C@@H](C)CC[C@]4(C)C3CC[C@]2(C)C1=O.COC(C)Cn1cnc2c(SC)nc(N)nc21.COC[C@@H]1O[C@H](C)C[C@H]1O.COC[C@H]1C=C[C@@H](n2cc(F)c(N)nc2=O)O1.COC[C@H]1CC[C@@H](n2cc(F)c(N)nc2=O)O1.CO[C@@H]1C[C@@H](C)O[C@H]1CO.CO[C@@H]1O[C@H](C)C[C@H]1O.CO[C@H]1C=C[C@@H](n2cc(F)c(N)nc2=O)O1.CO[C@H]1CC[C@@H](n2cc(F)c(N)nc2=O)O1. The maximum Gasteiger partial charge on any atom is 0.352 e. The Bertz CT molecular complexity index is 5130. The van der Waals surface area contributed by atoms with E-state index < -0.39 is 113 Å². The van der Waals surface area contributed by atoms with Crippen LogP contribution in [0.4, 0.5) is 46.8 Å². The number of nitrogens with zero attached hydrogens (tertiary/aromatic N) is 12. The number of halogens is 4. The minimum atomic E-state index is -0.766. The summed E-state index contributed by atoms with van der Waals surface area (Å²) >= 11 is 1.51. The Morgan fingerprint density at radius 3 is 1.59 bits per heavy atom. The third-order valence-electron chi connectivity index (χ3n) is 25.6. The fraction of sp³-hybridized carbons (Fsp3) is 0.685. The fourth-order valence-electron chi connectivity index (χ4n) is 18.5. The van der Waals surface area contributed by atoms with Crippen LogP contribution in [0.15, 0.2) is 91.3 Å². The van der Waals surface area contributed by atoms with Gasteiger partial charge in [0.25, 0.3) is 0 Å². The number of anilines is 5. The monoisotopic (exact) mass is 1920 g/mol. The molecule has 6 aromatic heterocycles. The molecule has 0 amide bonds. The third kappa shape index (κ3) is 28.1. The molecule has 13 heterocycles. The van der Waals surface area contributed by atoms with E-state index in [1.165, 1.54) is 65.2 Å². The summed E-state index contributed by atoms with van der Waals surface area (Å²) in [7, 11) is 12.6. The number of aromatic nitrogens is 12. The van der Waals surface area contributed by atoms with Gasteiger partial charge in [-0.3, -0.25) is 23.1 Å². The molecule has 11 aliphatic rings. The summed E-state index contributed by atoms with van der Waals surface area (Å²) in [5, 5.41) is 28.0. The number of aliphatic hydroxyl groups is 3. The first-order chi connectivity index (χ1) is 63.7. The van der Waals surface area contributed by atoms with Crippen molar-refractivity contribution in [2.24, 2.45) is 40.4 Å². The van der Waals surface area contributed by atoms with Crippen LogP contribution in [0.3, 0.4) is 0 Å². The lowest BCUT2D eigenvalue weighted by atomic mass is 9.47. The quantitative estimate of drug-likeness (QED) is 0.0167. The van der Waals surface area contributed by atoms with Crippen molar-refractivity contribution in [3.05, 3.63) is 132 Å². The van der Waals surface area contributed by atoms with E-state index in [0.717, 1.165) is 109 Å². The molecule has 5 saturated heterocycles. The molecule has 0 bridgehead atoms. The summed E-state index contributed by atoms with van der Waals surface area (Å²) in [6.45, 7) is 19.4. The molecule has 3 saturated carbocycles. The second-order valence-electron chi connectivity index (χ2n) is 35.2. The number of thioether (sulfide) groups is 1. The number of imidazole rings is 1. The number of rotatable bonds is 19. The minimum absolute atomic E-state index is 0.00421. The number of ketones is 1. The third-order valence-corrected chi connectivity index (χ3v) is 26.3. The molecule has 0 aromatic carbocycles. The minimum Gasteiger partial charge on any atom is -0.394 e. The van der Waals surface area contributed by atoms with E-state index in [1.807, 2.05) is 38.5 Å². The highest BCUT2D eigenvalue weighted by atomic mass is 32.2. The first-order valence-electron chi connectivity index (χ1n) is 44.7. The molecule has 7 aliphatic heterocycles. The highest BCUT2D eigenvalue weighted by molar-refractivity contribution is 7.98. The maximum atomic E-state index is 13.2. The summed E-state index contributed by atoms with van der Waals surface area (Å²) in [6.07, 6.45) is 26.4. The van der Waals surface area contributed by atoms with Gasteiger partial charge in [-0.1, -0.05) is 45.4 Å². The van der Waals surface area contributed by atoms with E-state index in [9.17, 15) is 46.6 Å². The predicted molar refractivity (Wildman–Crippen MR) is 486 cm³/mol. The van der Waals surface area contributed by atoms with E-state index in [1.54, 1.807) is 71.8 Å². The van der Waals surface area contributed by atoms with Crippen molar-refractivity contribution >= 4 is 57.9 Å². The van der Waals surface area contributed by atoms with Crippen molar-refractivity contribution in [3.8, 4) is 0 Å². The number of aliphatic hydroxyl groups excluding tert-OH is 3. The Kier molecular flexibility index (Phi) is 41.1. The van der Waals surface area contributed by atoms with Gasteiger partial charge in [-0.25, -0.2) is 46.7 Å². The van der Waals surface area contributed by atoms with Crippen molar-refractivity contribution in [3.63, 3.8) is 0 Å². The molecule has 5 unspecified atom stereocenters. The van der Waals surface area contributed by atoms with Gasteiger partial charge in [0.15, 0.2) is 83.5 Å². The Morgan fingerprint density at radius 2 is 1.09 bits per heavy atom. The van der Waals surface area contributed by atoms with Crippen molar-refractivity contribution in [1.29, 1.82) is 0 Å². The number of nitrogens with two attached hydrogens (primary N) is 5. The first kappa shape index (κ1) is 109. The lowest BCUT2D eigenvalue weighted by Crippen LogP contribution is -2.50. The van der Waals surface area contributed by atoms with E-state index in [0.29, 0.717) is 75.1 Å². The van der Waals surface area contributed by atoms with Crippen LogP contribution in [0.1, 0.15) is 170 Å². The zero-order chi connectivity index (χ0) is 98.3. The number of Topliss-reactive ketones (excluding diaryl/α,β-unsaturated/α-hetero) is 1. The number of fused-ring (bicyclic) bond motifs is 6. The average Bonchev–Trinajstić information content (AvgIpc) is 1.48. The van der Waals surface area contributed by atoms with Gasteiger partial charge in [0.1, 0.15) is 53.2 Å². The number of ether oxygens (including phenoxy) is 15. The van der Waals surface area contributed by atoms with Crippen LogP contribution in [-0.2, 0) is 82.4 Å². The van der Waals surface area contributed by atoms with Crippen LogP contribution < -0.4 is 51.4 Å². The fourth-order valence-corrected chi connectivity index (χ4v) is 19.0. The Balaban J connectivity index is 0.000000171. The van der Waals surface area contributed by atoms with Crippen LogP contribution in [0.2, 0.25) is 0 Å². The topological polar surface area (TPSA) is 529 Å². The summed E-state index contributed by atoms with van der Waals surface area (Å²) < 4.78 is 136. The second kappa shape index (κ2) is 50.6. The number of allylic oxidation sites excluding steroid dienone is 2. The van der Waals surface area contributed by atoms with Crippen molar-refractivity contribution in [1.82, 2.24) is 57.7 Å². The molecule has 0 spiro atoms. The molecule has 748 valence electrons. The maximum absolute atomic E-state index is 13.2. The van der Waals surface area contributed by atoms with E-state index >= 15 is 0 Å². The number of nitrogen functional groups attached to an aromatic ring is 5. The highest BCUT2D eigenvalue weighted by Crippen LogP contribution is 2.65. The average molecular weight is 1920 g/mol. The number of methoxy groups -OCH3 is 8. The van der Waals surface area contributed by atoms with Gasteiger partial charge in [0.05, 0.1) is 107 Å². The van der Waals surface area contributed by atoms with Crippen LogP contribution in [0.5, 0.6) is 0 Å². The molecule has 13 N–H and O–H groups in total. The molecule has 40 nitrogen and oxygen atoms in total. The molecule has 4 aliphatic carbocycles. The van der Waals surface area contributed by atoms with Gasteiger partial charge < -0.3 is 120 Å². The van der Waals surface area contributed by atoms with Crippen molar-refractivity contribution < 1.29 is 109 Å². The van der Waals surface area contributed by atoms with Crippen LogP contribution in [-0.4, -0.2) is 254 Å². The van der Waals surface area contributed by atoms with Gasteiger partial charge >= 0.3 is 22.8 Å². The predicted octanol–water partition coefficient (Wildman–Crippen LogP) is 7.66. The number of hydrogen-bond acceptors (Lipinski definition) is 36. The molecule has 17 rings (SSSR count). The number of carbonyl (C=O) groups excluding carboxylic acids is 1. The largest absolute Gasteiger partial charge is 0.394 e. The molecular weight excluding hydrogens is 1780 g/mol. The van der Waals surface area contributed by atoms with Gasteiger partial charge in [-0.15, -0.1) is 11.8 Å². The molecule has 45 heteroatoms. The van der Waals surface area contributed by atoms with Crippen LogP contribution in [0.25, 0.3) is 11.2 Å². The van der Waals surface area contributed by atoms with Gasteiger partial charge in [0, 0.05) is 93.9 Å². The lowest BCUT2D eigenvalue weighted by molar-refractivity contribution is -0.145. The zero-order valence-electron chi connectivity index (χ0n) is 79.2. The molecular formula is C89H135F4N17O23S. The standard InChI is InChI=1S/C21H32O.C10H14FN3O3.C10H12FN3O3.C10H15N5OS.C9H12FN3O3.C9H10FN3O3.2C7H14O3.C6H12O3/c1-13-7-9-20(3)15(11-13)5-6-16-17(20)8-10-21(4)18(16)12-14(2)19(21)22;2*1-16-5-6-2-3-8(17-6)14-4-7(11)9(12)13-10(14)15;1-6(16-2)4-15-5-12-7-8(15)13-10(11)14-9(7)17-3;2*1-15-7-3-2-6(16-7)13-4-5(10)8(11)12-9(13)14;1-5-3-6(8)7(10-5)4-9-2;1-5-3-6(9-2)7(4-8)10-5;1-4-3-5(7)6(8-2)9-4/h5,13-14,16-18H,6-12H2,1-4H3;4,6,8H,2-3,5H2,1H3,(H2,12,13,15);2-4,6,8H,5H2,1H3,(H2,12,13,15);5-6H,4H2,1-3H3,(H2,11,13,14);4,6-7H,2-3H2,1H3,(H2,11,12,14);2-4,6-7H,1H3,(H2,11,12,14);2*5-8H,3-4H2,1-2H3;4-7H,3H2,1-2H3/t13-,14?,16?,17?,18?,20-,21-;2*6-,8+;;2*6-,7+;2*5-,6-,7+;4-,5-,6-/m011.00111/s1. The lowest BCUT2D eigenvalue weighted by Gasteiger charge is -2.57. The number of carbonyl (C=O) groups is 1. The van der Waals surface area contributed by atoms with E-state index in [-0.39, 0.29) is 85.3 Å². The molecule has 134 heavy (non-hydrogen) atoms. The summed E-state index contributed by atoms with van der Waals surface area (Å²) in [5.74, 6) is -0.304.